The number of rotatable bonds is 7. The lowest BCUT2D eigenvalue weighted by atomic mass is 10.1. The van der Waals surface area contributed by atoms with Crippen LogP contribution in [-0.4, -0.2) is 27.0 Å². The first-order valence-electron chi connectivity index (χ1n) is 9.87. The molecular formula is C24H19N5O3S. The summed E-state index contributed by atoms with van der Waals surface area (Å²) in [6, 6.07) is 17.9. The number of hydroxylamine groups is 1. The smallest absolute Gasteiger partial charge is 0.267 e. The van der Waals surface area contributed by atoms with Crippen molar-refractivity contribution in [3.63, 3.8) is 0 Å². The van der Waals surface area contributed by atoms with Crippen LogP contribution in [0, 0.1) is 0 Å². The molecule has 4 rings (SSSR count). The molecule has 33 heavy (non-hydrogen) atoms. The van der Waals surface area contributed by atoms with Crippen molar-refractivity contribution in [2.75, 3.05) is 10.6 Å². The molecular weight excluding hydrogens is 438 g/mol. The number of aromatic nitrogens is 2. The van der Waals surface area contributed by atoms with Crippen molar-refractivity contribution < 1.29 is 14.8 Å². The molecule has 2 heterocycles. The van der Waals surface area contributed by atoms with Gasteiger partial charge in [0, 0.05) is 46.4 Å². The van der Waals surface area contributed by atoms with E-state index in [1.807, 2.05) is 35.7 Å². The van der Waals surface area contributed by atoms with E-state index >= 15 is 0 Å². The van der Waals surface area contributed by atoms with Gasteiger partial charge in [0.2, 0.25) is 0 Å². The highest BCUT2D eigenvalue weighted by atomic mass is 32.1. The lowest BCUT2D eigenvalue weighted by Gasteiger charge is -2.08. The summed E-state index contributed by atoms with van der Waals surface area (Å²) in [6.07, 6.45) is 6.21. The highest BCUT2D eigenvalue weighted by Gasteiger charge is 2.08. The van der Waals surface area contributed by atoms with Crippen LogP contribution in [0.15, 0.2) is 84.5 Å². The average molecular weight is 458 g/mol. The third-order valence-corrected chi connectivity index (χ3v) is 5.30. The zero-order valence-corrected chi connectivity index (χ0v) is 18.0. The summed E-state index contributed by atoms with van der Waals surface area (Å²) in [6.45, 7) is 0. The molecule has 2 aromatic carbocycles. The normalized spacial score (nSPS) is 10.7. The minimum absolute atomic E-state index is 0.260. The van der Waals surface area contributed by atoms with Crippen molar-refractivity contribution in [1.82, 2.24) is 15.4 Å². The van der Waals surface area contributed by atoms with Gasteiger partial charge in [0.25, 0.3) is 11.8 Å². The molecule has 164 valence electrons. The Morgan fingerprint density at radius 2 is 1.82 bits per heavy atom. The number of thiazole rings is 1. The molecule has 9 heteroatoms. The number of anilines is 3. The summed E-state index contributed by atoms with van der Waals surface area (Å²) in [4.78, 5) is 32.4. The molecule has 0 saturated carbocycles. The second-order valence-corrected chi connectivity index (χ2v) is 7.73. The van der Waals surface area contributed by atoms with Crippen LogP contribution in [0.5, 0.6) is 0 Å². The van der Waals surface area contributed by atoms with Gasteiger partial charge >= 0.3 is 0 Å². The van der Waals surface area contributed by atoms with Crippen molar-refractivity contribution in [1.29, 1.82) is 0 Å². The molecule has 0 saturated heterocycles. The topological polar surface area (TPSA) is 116 Å². The lowest BCUT2D eigenvalue weighted by Crippen LogP contribution is -2.14. The van der Waals surface area contributed by atoms with E-state index < -0.39 is 5.91 Å². The van der Waals surface area contributed by atoms with Gasteiger partial charge in [-0.2, -0.15) is 0 Å². The molecule has 0 radical (unpaired) electrons. The quantitative estimate of drug-likeness (QED) is 0.181. The summed E-state index contributed by atoms with van der Waals surface area (Å²) in [5, 5.41) is 17.3. The Kier molecular flexibility index (Phi) is 6.84. The molecule has 4 N–H and O–H groups in total. The van der Waals surface area contributed by atoms with Crippen molar-refractivity contribution in [2.24, 2.45) is 0 Å². The van der Waals surface area contributed by atoms with Crippen LogP contribution >= 0.6 is 11.3 Å². The summed E-state index contributed by atoms with van der Waals surface area (Å²) >= 11 is 1.48. The summed E-state index contributed by atoms with van der Waals surface area (Å²) < 4.78 is 0. The first-order valence-corrected chi connectivity index (χ1v) is 10.8. The first-order chi connectivity index (χ1) is 16.1. The van der Waals surface area contributed by atoms with E-state index in [1.165, 1.54) is 29.0 Å². The summed E-state index contributed by atoms with van der Waals surface area (Å²) in [5.74, 6) is -0.889. The standard InChI is InChI=1S/C24H19N5O3S/c30-22(29-32)11-8-16-6-9-17(10-7-16)23(31)26-19-4-1-5-20(13-19)27-24-28-21(15-33-24)18-3-2-12-25-14-18/h1-15,32H,(H,26,31)(H,27,28)(H,29,30)/b11-8+. The van der Waals surface area contributed by atoms with E-state index in [0.29, 0.717) is 11.3 Å². The van der Waals surface area contributed by atoms with E-state index in [2.05, 4.69) is 20.6 Å². The van der Waals surface area contributed by atoms with Gasteiger partial charge in [-0.05, 0) is 54.1 Å². The molecule has 0 atom stereocenters. The van der Waals surface area contributed by atoms with Crippen LogP contribution in [0.3, 0.4) is 0 Å². The van der Waals surface area contributed by atoms with Gasteiger partial charge < -0.3 is 10.6 Å². The highest BCUT2D eigenvalue weighted by Crippen LogP contribution is 2.27. The number of benzene rings is 2. The third kappa shape index (κ3) is 5.88. The Morgan fingerprint density at radius 3 is 2.58 bits per heavy atom. The van der Waals surface area contributed by atoms with Gasteiger partial charge in [0.1, 0.15) is 0 Å². The van der Waals surface area contributed by atoms with Gasteiger partial charge in [-0.25, -0.2) is 10.5 Å². The van der Waals surface area contributed by atoms with Gasteiger partial charge in [-0.15, -0.1) is 11.3 Å². The number of carbonyl (C=O) groups is 2. The maximum absolute atomic E-state index is 12.6. The molecule has 0 aliphatic rings. The first kappa shape index (κ1) is 21.9. The Labute approximate surface area is 193 Å². The van der Waals surface area contributed by atoms with Gasteiger partial charge in [-0.3, -0.25) is 19.8 Å². The van der Waals surface area contributed by atoms with Crippen molar-refractivity contribution in [2.45, 2.75) is 0 Å². The molecule has 8 nitrogen and oxygen atoms in total. The summed E-state index contributed by atoms with van der Waals surface area (Å²) in [7, 11) is 0. The zero-order valence-electron chi connectivity index (χ0n) is 17.2. The molecule has 0 unspecified atom stereocenters. The predicted molar refractivity (Wildman–Crippen MR) is 128 cm³/mol. The van der Waals surface area contributed by atoms with E-state index in [1.54, 1.807) is 42.7 Å². The maximum atomic E-state index is 12.6. The molecule has 0 aliphatic carbocycles. The zero-order chi connectivity index (χ0) is 23.0. The fourth-order valence-corrected chi connectivity index (χ4v) is 3.67. The van der Waals surface area contributed by atoms with E-state index in [9.17, 15) is 9.59 Å². The Balaban J connectivity index is 1.40. The van der Waals surface area contributed by atoms with Crippen molar-refractivity contribution >= 4 is 45.7 Å². The Morgan fingerprint density at radius 1 is 1.00 bits per heavy atom. The van der Waals surface area contributed by atoms with Gasteiger partial charge in [0.05, 0.1) is 5.69 Å². The second kappa shape index (κ2) is 10.3. The maximum Gasteiger partial charge on any atom is 0.267 e. The fourth-order valence-electron chi connectivity index (χ4n) is 2.93. The SMILES string of the molecule is O=C(/C=C/c1ccc(C(=O)Nc2cccc(Nc3nc(-c4cccnc4)cs3)c2)cc1)NO. The molecule has 0 bridgehead atoms. The number of hydrogen-bond donors (Lipinski definition) is 4. The van der Waals surface area contributed by atoms with Crippen molar-refractivity contribution in [3.05, 3.63) is 95.6 Å². The molecule has 0 spiro atoms. The number of hydrogen-bond acceptors (Lipinski definition) is 7. The molecule has 2 amide bonds. The van der Waals surface area contributed by atoms with Crippen molar-refractivity contribution in [3.8, 4) is 11.3 Å². The largest absolute Gasteiger partial charge is 0.331 e. The monoisotopic (exact) mass is 457 g/mol. The van der Waals surface area contributed by atoms with Crippen LogP contribution in [0.4, 0.5) is 16.5 Å². The van der Waals surface area contributed by atoms with Crippen LogP contribution in [0.1, 0.15) is 15.9 Å². The Hall–Kier alpha value is -4.34. The number of nitrogens with one attached hydrogen (secondary N) is 3. The predicted octanol–water partition coefficient (Wildman–Crippen LogP) is 4.72. The lowest BCUT2D eigenvalue weighted by molar-refractivity contribution is -0.124. The molecule has 0 aliphatic heterocycles. The number of nitrogens with zero attached hydrogens (tertiary/aromatic N) is 2. The van der Waals surface area contributed by atoms with Crippen LogP contribution < -0.4 is 16.1 Å². The van der Waals surface area contributed by atoms with E-state index in [-0.39, 0.29) is 5.91 Å². The fraction of sp³-hybridized carbons (Fsp3) is 0. The minimum atomic E-state index is -0.628. The minimum Gasteiger partial charge on any atom is -0.331 e. The molecule has 0 fully saturated rings. The number of carbonyl (C=O) groups excluding carboxylic acids is 2. The van der Waals surface area contributed by atoms with Gasteiger partial charge in [0.15, 0.2) is 5.13 Å². The number of amides is 2. The molecule has 2 aromatic heterocycles. The second-order valence-electron chi connectivity index (χ2n) is 6.87. The average Bonchev–Trinajstić information content (AvgIpc) is 3.32. The summed E-state index contributed by atoms with van der Waals surface area (Å²) in [5.41, 5.74) is 5.93. The van der Waals surface area contributed by atoms with E-state index in [0.717, 1.165) is 27.6 Å². The van der Waals surface area contributed by atoms with Crippen LogP contribution in [0.25, 0.3) is 17.3 Å². The number of pyridine rings is 1. The van der Waals surface area contributed by atoms with Crippen LogP contribution in [-0.2, 0) is 4.79 Å². The third-order valence-electron chi connectivity index (χ3n) is 4.54. The molecule has 4 aromatic rings. The van der Waals surface area contributed by atoms with Gasteiger partial charge in [-0.1, -0.05) is 18.2 Å². The van der Waals surface area contributed by atoms with E-state index in [4.69, 9.17) is 5.21 Å². The highest BCUT2D eigenvalue weighted by molar-refractivity contribution is 7.14. The van der Waals surface area contributed by atoms with Crippen LogP contribution in [0.2, 0.25) is 0 Å². The Bertz CT molecular complexity index is 1290.